The second-order valence-corrected chi connectivity index (χ2v) is 4.26. The Hall–Kier alpha value is -0.870. The van der Waals surface area contributed by atoms with E-state index in [9.17, 15) is 4.79 Å². The molecule has 2 atom stereocenters. The molecule has 4 heteroatoms. The molecular formula is C11H21N3O. The first-order chi connectivity index (χ1) is 7.11. The fraction of sp³-hybridized carbons (Fsp3) is 0.727. The predicted octanol–water partition coefficient (Wildman–Crippen LogP) is -0.0292. The smallest absolute Gasteiger partial charge is 0.234 e. The van der Waals surface area contributed by atoms with E-state index in [1.807, 2.05) is 0 Å². The van der Waals surface area contributed by atoms with Crippen LogP contribution in [0.4, 0.5) is 0 Å². The van der Waals surface area contributed by atoms with Crippen LogP contribution in [0.15, 0.2) is 12.7 Å². The van der Waals surface area contributed by atoms with Gasteiger partial charge in [-0.15, -0.1) is 6.58 Å². The van der Waals surface area contributed by atoms with Crippen molar-refractivity contribution in [2.75, 3.05) is 26.2 Å². The first-order valence-electron chi connectivity index (χ1n) is 5.47. The first-order valence-corrected chi connectivity index (χ1v) is 5.47. The highest BCUT2D eigenvalue weighted by molar-refractivity contribution is 5.78. The Morgan fingerprint density at radius 3 is 2.67 bits per heavy atom. The summed E-state index contributed by atoms with van der Waals surface area (Å²) in [6.07, 6.45) is 1.70. The molecule has 1 rings (SSSR count). The van der Waals surface area contributed by atoms with Gasteiger partial charge in [-0.3, -0.25) is 9.69 Å². The zero-order valence-corrected chi connectivity index (χ0v) is 9.62. The molecule has 86 valence electrons. The maximum atomic E-state index is 11.5. The predicted molar refractivity (Wildman–Crippen MR) is 61.7 cm³/mol. The second kappa shape index (κ2) is 5.88. The third kappa shape index (κ3) is 4.44. The number of piperazine rings is 1. The van der Waals surface area contributed by atoms with Crippen LogP contribution in [0.5, 0.6) is 0 Å². The van der Waals surface area contributed by atoms with Gasteiger partial charge in [0.15, 0.2) is 0 Å². The van der Waals surface area contributed by atoms with Crippen molar-refractivity contribution in [3.05, 3.63) is 12.7 Å². The van der Waals surface area contributed by atoms with Crippen LogP contribution >= 0.6 is 0 Å². The Balaban J connectivity index is 2.30. The Morgan fingerprint density at radius 2 is 2.13 bits per heavy atom. The van der Waals surface area contributed by atoms with Gasteiger partial charge in [-0.2, -0.15) is 0 Å². The molecule has 15 heavy (non-hydrogen) atoms. The minimum atomic E-state index is 0.0798. The topological polar surface area (TPSA) is 44.4 Å². The highest BCUT2D eigenvalue weighted by Crippen LogP contribution is 2.02. The van der Waals surface area contributed by atoms with E-state index < -0.39 is 0 Å². The maximum Gasteiger partial charge on any atom is 0.234 e. The van der Waals surface area contributed by atoms with Crippen LogP contribution in [0.2, 0.25) is 0 Å². The lowest BCUT2D eigenvalue weighted by atomic mass is 10.1. The average molecular weight is 211 g/mol. The highest BCUT2D eigenvalue weighted by atomic mass is 16.2. The van der Waals surface area contributed by atoms with Gasteiger partial charge in [0, 0.05) is 31.7 Å². The number of carbonyl (C=O) groups is 1. The fourth-order valence-electron chi connectivity index (χ4n) is 2.01. The van der Waals surface area contributed by atoms with Crippen molar-refractivity contribution >= 4 is 5.91 Å². The van der Waals surface area contributed by atoms with E-state index in [1.165, 1.54) is 0 Å². The Morgan fingerprint density at radius 1 is 1.53 bits per heavy atom. The van der Waals surface area contributed by atoms with Crippen molar-refractivity contribution in [2.24, 2.45) is 0 Å². The Kier molecular flexibility index (Phi) is 4.78. The van der Waals surface area contributed by atoms with E-state index in [1.54, 1.807) is 6.08 Å². The molecule has 0 aromatic heterocycles. The van der Waals surface area contributed by atoms with Gasteiger partial charge in [0.2, 0.25) is 5.91 Å². The monoisotopic (exact) mass is 211 g/mol. The molecule has 1 aliphatic heterocycles. The minimum Gasteiger partial charge on any atom is -0.352 e. The summed E-state index contributed by atoms with van der Waals surface area (Å²) in [6, 6.07) is 0.918. The van der Waals surface area contributed by atoms with E-state index in [-0.39, 0.29) is 5.91 Å². The van der Waals surface area contributed by atoms with Crippen molar-refractivity contribution < 1.29 is 4.79 Å². The molecular weight excluding hydrogens is 190 g/mol. The van der Waals surface area contributed by atoms with Gasteiger partial charge in [-0.25, -0.2) is 0 Å². The fourth-order valence-corrected chi connectivity index (χ4v) is 2.01. The molecule has 4 nitrogen and oxygen atoms in total. The molecule has 1 aliphatic rings. The maximum absolute atomic E-state index is 11.5. The lowest BCUT2D eigenvalue weighted by molar-refractivity contribution is -0.122. The number of amides is 1. The molecule has 1 heterocycles. The van der Waals surface area contributed by atoms with Crippen molar-refractivity contribution in [3.8, 4) is 0 Å². The van der Waals surface area contributed by atoms with E-state index >= 15 is 0 Å². The van der Waals surface area contributed by atoms with Crippen molar-refractivity contribution in [3.63, 3.8) is 0 Å². The minimum absolute atomic E-state index is 0.0798. The SMILES string of the molecule is C=CCNC(=O)CN1CC(C)NC(C)C1. The number of hydrogen-bond donors (Lipinski definition) is 2. The number of rotatable bonds is 4. The second-order valence-electron chi connectivity index (χ2n) is 4.26. The summed E-state index contributed by atoms with van der Waals surface area (Å²) < 4.78 is 0. The molecule has 0 bridgehead atoms. The standard InChI is InChI=1S/C11H21N3O/c1-4-5-12-11(15)8-14-6-9(2)13-10(3)7-14/h4,9-10,13H,1,5-8H2,2-3H3,(H,12,15). The molecule has 0 aromatic rings. The van der Waals surface area contributed by atoms with Crippen molar-refractivity contribution in [1.82, 2.24) is 15.5 Å². The number of carbonyl (C=O) groups excluding carboxylic acids is 1. The van der Waals surface area contributed by atoms with E-state index in [4.69, 9.17) is 0 Å². The third-order valence-electron chi connectivity index (χ3n) is 2.44. The van der Waals surface area contributed by atoms with Gasteiger partial charge in [0.1, 0.15) is 0 Å². The van der Waals surface area contributed by atoms with Crippen LogP contribution in [0, 0.1) is 0 Å². The lowest BCUT2D eigenvalue weighted by Crippen LogP contribution is -2.56. The molecule has 2 N–H and O–H groups in total. The molecule has 1 saturated heterocycles. The van der Waals surface area contributed by atoms with Crippen LogP contribution in [-0.2, 0) is 4.79 Å². The zero-order valence-electron chi connectivity index (χ0n) is 9.62. The Labute approximate surface area is 91.7 Å². The molecule has 1 fully saturated rings. The normalized spacial score (nSPS) is 27.3. The van der Waals surface area contributed by atoms with E-state index in [2.05, 4.69) is 36.0 Å². The summed E-state index contributed by atoms with van der Waals surface area (Å²) in [5.41, 5.74) is 0. The van der Waals surface area contributed by atoms with E-state index in [0.29, 0.717) is 25.2 Å². The van der Waals surface area contributed by atoms with Crippen LogP contribution in [0.25, 0.3) is 0 Å². The Bertz CT molecular complexity index is 220. The lowest BCUT2D eigenvalue weighted by Gasteiger charge is -2.35. The quantitative estimate of drug-likeness (QED) is 0.642. The van der Waals surface area contributed by atoms with Crippen LogP contribution in [0.3, 0.4) is 0 Å². The summed E-state index contributed by atoms with van der Waals surface area (Å²) in [6.45, 7) is 10.8. The van der Waals surface area contributed by atoms with Gasteiger partial charge in [0.05, 0.1) is 6.54 Å². The van der Waals surface area contributed by atoms with Gasteiger partial charge < -0.3 is 10.6 Å². The zero-order chi connectivity index (χ0) is 11.3. The summed E-state index contributed by atoms with van der Waals surface area (Å²) in [5.74, 6) is 0.0798. The number of nitrogens with zero attached hydrogens (tertiary/aromatic N) is 1. The van der Waals surface area contributed by atoms with Gasteiger partial charge >= 0.3 is 0 Å². The van der Waals surface area contributed by atoms with Crippen molar-refractivity contribution in [2.45, 2.75) is 25.9 Å². The van der Waals surface area contributed by atoms with Crippen molar-refractivity contribution in [1.29, 1.82) is 0 Å². The number of hydrogen-bond acceptors (Lipinski definition) is 3. The molecule has 0 spiro atoms. The molecule has 2 unspecified atom stereocenters. The average Bonchev–Trinajstić information content (AvgIpc) is 2.13. The molecule has 1 amide bonds. The summed E-state index contributed by atoms with van der Waals surface area (Å²) >= 11 is 0. The number of nitrogens with one attached hydrogen (secondary N) is 2. The van der Waals surface area contributed by atoms with Gasteiger partial charge in [-0.1, -0.05) is 6.08 Å². The summed E-state index contributed by atoms with van der Waals surface area (Å²) in [5, 5.41) is 6.23. The van der Waals surface area contributed by atoms with Crippen LogP contribution in [0.1, 0.15) is 13.8 Å². The molecule has 0 aliphatic carbocycles. The third-order valence-corrected chi connectivity index (χ3v) is 2.44. The van der Waals surface area contributed by atoms with Gasteiger partial charge in [0.25, 0.3) is 0 Å². The van der Waals surface area contributed by atoms with Crippen LogP contribution in [-0.4, -0.2) is 49.1 Å². The summed E-state index contributed by atoms with van der Waals surface area (Å²) in [4.78, 5) is 13.6. The first kappa shape index (κ1) is 12.2. The summed E-state index contributed by atoms with van der Waals surface area (Å²) in [7, 11) is 0. The van der Waals surface area contributed by atoms with Gasteiger partial charge in [-0.05, 0) is 13.8 Å². The molecule has 0 radical (unpaired) electrons. The largest absolute Gasteiger partial charge is 0.352 e. The molecule has 0 aromatic carbocycles. The van der Waals surface area contributed by atoms with Crippen LogP contribution < -0.4 is 10.6 Å². The molecule has 0 saturated carbocycles. The highest BCUT2D eigenvalue weighted by Gasteiger charge is 2.21. The van der Waals surface area contributed by atoms with E-state index in [0.717, 1.165) is 13.1 Å².